The molecule has 0 saturated heterocycles. The van der Waals surface area contributed by atoms with E-state index in [2.05, 4.69) is 15.2 Å². The van der Waals surface area contributed by atoms with Gasteiger partial charge < -0.3 is 5.11 Å². The number of aromatic nitrogens is 3. The second kappa shape index (κ2) is 5.53. The van der Waals surface area contributed by atoms with E-state index < -0.39 is 11.2 Å². The van der Waals surface area contributed by atoms with Crippen molar-refractivity contribution >= 4 is 17.7 Å². The summed E-state index contributed by atoms with van der Waals surface area (Å²) in [5.74, 6) is 0.564. The van der Waals surface area contributed by atoms with Gasteiger partial charge in [0.25, 0.3) is 0 Å². The van der Waals surface area contributed by atoms with Crippen LogP contribution in [0.3, 0.4) is 0 Å². The van der Waals surface area contributed by atoms with Crippen LogP contribution in [0.5, 0.6) is 0 Å². The van der Waals surface area contributed by atoms with Crippen molar-refractivity contribution in [3.8, 4) is 0 Å². The number of carboxylic acid groups (broad SMARTS) is 1. The van der Waals surface area contributed by atoms with Gasteiger partial charge in [-0.3, -0.25) is 9.89 Å². The SMILES string of the molecule is CC(Sc1n[nH]c(C2CCCCC2)n1)C(=O)O. The van der Waals surface area contributed by atoms with E-state index in [9.17, 15) is 4.79 Å². The first-order chi connectivity index (χ1) is 8.16. The lowest BCUT2D eigenvalue weighted by Crippen LogP contribution is -2.11. The predicted molar refractivity (Wildman–Crippen MR) is 65.2 cm³/mol. The molecule has 1 heterocycles. The van der Waals surface area contributed by atoms with Crippen molar-refractivity contribution < 1.29 is 9.90 Å². The smallest absolute Gasteiger partial charge is 0.316 e. The molecular weight excluding hydrogens is 238 g/mol. The van der Waals surface area contributed by atoms with Gasteiger partial charge in [-0.1, -0.05) is 31.0 Å². The number of carboxylic acids is 1. The summed E-state index contributed by atoms with van der Waals surface area (Å²) in [5, 5.41) is 15.9. The van der Waals surface area contributed by atoms with Crippen molar-refractivity contribution in [3.05, 3.63) is 5.82 Å². The van der Waals surface area contributed by atoms with E-state index in [0.29, 0.717) is 11.1 Å². The zero-order valence-electron chi connectivity index (χ0n) is 9.85. The van der Waals surface area contributed by atoms with Crippen LogP contribution in [0.1, 0.15) is 50.8 Å². The fourth-order valence-corrected chi connectivity index (χ4v) is 2.74. The molecule has 6 heteroatoms. The number of nitrogens with zero attached hydrogens (tertiary/aromatic N) is 2. The minimum Gasteiger partial charge on any atom is -0.480 e. The summed E-state index contributed by atoms with van der Waals surface area (Å²) < 4.78 is 0. The van der Waals surface area contributed by atoms with Crippen LogP contribution >= 0.6 is 11.8 Å². The molecule has 0 amide bonds. The van der Waals surface area contributed by atoms with E-state index in [1.807, 2.05) is 0 Å². The maximum Gasteiger partial charge on any atom is 0.316 e. The Labute approximate surface area is 104 Å². The summed E-state index contributed by atoms with van der Waals surface area (Å²) in [5.41, 5.74) is 0. The van der Waals surface area contributed by atoms with Gasteiger partial charge in [0.15, 0.2) is 0 Å². The molecular formula is C11H17N3O2S. The first-order valence-corrected chi connectivity index (χ1v) is 6.86. The molecule has 1 aromatic heterocycles. The number of rotatable bonds is 4. The molecule has 1 aliphatic carbocycles. The minimum absolute atomic E-state index is 0.478. The zero-order valence-corrected chi connectivity index (χ0v) is 10.7. The summed E-state index contributed by atoms with van der Waals surface area (Å²) in [4.78, 5) is 15.1. The molecule has 17 heavy (non-hydrogen) atoms. The van der Waals surface area contributed by atoms with Crippen LogP contribution in [-0.4, -0.2) is 31.5 Å². The van der Waals surface area contributed by atoms with E-state index in [0.717, 1.165) is 18.7 Å². The second-order valence-electron chi connectivity index (χ2n) is 4.44. The molecule has 0 radical (unpaired) electrons. The van der Waals surface area contributed by atoms with E-state index in [-0.39, 0.29) is 0 Å². The van der Waals surface area contributed by atoms with Gasteiger partial charge in [0.05, 0.1) is 0 Å². The van der Waals surface area contributed by atoms with E-state index in [4.69, 9.17) is 5.11 Å². The molecule has 1 aliphatic rings. The topological polar surface area (TPSA) is 78.9 Å². The number of thioether (sulfide) groups is 1. The Morgan fingerprint density at radius 1 is 1.47 bits per heavy atom. The van der Waals surface area contributed by atoms with Crippen molar-refractivity contribution in [2.24, 2.45) is 0 Å². The molecule has 0 spiro atoms. The van der Waals surface area contributed by atoms with E-state index >= 15 is 0 Å². The molecule has 0 aromatic carbocycles. The third-order valence-corrected chi connectivity index (χ3v) is 4.05. The van der Waals surface area contributed by atoms with E-state index in [1.54, 1.807) is 6.92 Å². The van der Waals surface area contributed by atoms with Gasteiger partial charge in [-0.2, -0.15) is 0 Å². The Morgan fingerprint density at radius 3 is 2.82 bits per heavy atom. The van der Waals surface area contributed by atoms with Crippen LogP contribution in [0.4, 0.5) is 0 Å². The first-order valence-electron chi connectivity index (χ1n) is 5.98. The summed E-state index contributed by atoms with van der Waals surface area (Å²) in [6.45, 7) is 1.64. The van der Waals surface area contributed by atoms with Gasteiger partial charge in [0, 0.05) is 5.92 Å². The second-order valence-corrected chi connectivity index (χ2v) is 5.74. The Morgan fingerprint density at radius 2 is 2.18 bits per heavy atom. The number of nitrogens with one attached hydrogen (secondary N) is 1. The lowest BCUT2D eigenvalue weighted by atomic mass is 9.89. The van der Waals surface area contributed by atoms with Crippen LogP contribution in [0.25, 0.3) is 0 Å². The van der Waals surface area contributed by atoms with Crippen LogP contribution in [0, 0.1) is 0 Å². The fraction of sp³-hybridized carbons (Fsp3) is 0.727. The number of carbonyl (C=O) groups is 1. The van der Waals surface area contributed by atoms with Crippen LogP contribution < -0.4 is 0 Å². The normalized spacial score (nSPS) is 19.1. The monoisotopic (exact) mass is 255 g/mol. The lowest BCUT2D eigenvalue weighted by molar-refractivity contribution is -0.136. The fourth-order valence-electron chi connectivity index (χ4n) is 2.08. The Hall–Kier alpha value is -1.04. The van der Waals surface area contributed by atoms with Crippen LogP contribution in [0.15, 0.2) is 5.16 Å². The van der Waals surface area contributed by atoms with Gasteiger partial charge in [0.1, 0.15) is 11.1 Å². The highest BCUT2D eigenvalue weighted by Crippen LogP contribution is 2.31. The largest absolute Gasteiger partial charge is 0.480 e. The number of hydrogen-bond donors (Lipinski definition) is 2. The van der Waals surface area contributed by atoms with Crippen molar-refractivity contribution in [3.63, 3.8) is 0 Å². The highest BCUT2D eigenvalue weighted by molar-refractivity contribution is 8.00. The Bertz CT molecular complexity index is 388. The summed E-state index contributed by atoms with van der Waals surface area (Å²) in [6, 6.07) is 0. The van der Waals surface area contributed by atoms with Crippen LogP contribution in [-0.2, 0) is 4.79 Å². The van der Waals surface area contributed by atoms with Crippen LogP contribution in [0.2, 0.25) is 0 Å². The van der Waals surface area contributed by atoms with Crippen molar-refractivity contribution in [2.45, 2.75) is 55.4 Å². The molecule has 5 nitrogen and oxygen atoms in total. The highest BCUT2D eigenvalue weighted by atomic mass is 32.2. The molecule has 1 atom stereocenters. The molecule has 94 valence electrons. The molecule has 0 aliphatic heterocycles. The standard InChI is InChI=1S/C11H17N3O2S/c1-7(10(15)16)17-11-12-9(13-14-11)8-5-3-2-4-6-8/h7-8H,2-6H2,1H3,(H,15,16)(H,12,13,14). The predicted octanol–water partition coefficient (Wildman–Crippen LogP) is 2.42. The van der Waals surface area contributed by atoms with E-state index in [1.165, 1.54) is 31.0 Å². The van der Waals surface area contributed by atoms with Gasteiger partial charge in [0.2, 0.25) is 5.16 Å². The molecule has 1 fully saturated rings. The summed E-state index contributed by atoms with van der Waals surface area (Å²) in [7, 11) is 0. The number of aliphatic carboxylic acids is 1. The molecule has 0 bridgehead atoms. The van der Waals surface area contributed by atoms with Crippen molar-refractivity contribution in [2.75, 3.05) is 0 Å². The Balaban J connectivity index is 1.97. The molecule has 1 unspecified atom stereocenters. The van der Waals surface area contributed by atoms with Gasteiger partial charge in [-0.15, -0.1) is 5.10 Å². The average Bonchev–Trinajstić information content (AvgIpc) is 2.78. The molecule has 1 aromatic rings. The maximum absolute atomic E-state index is 10.7. The summed E-state index contributed by atoms with van der Waals surface area (Å²) in [6.07, 6.45) is 6.13. The third-order valence-electron chi connectivity index (χ3n) is 3.10. The van der Waals surface area contributed by atoms with Gasteiger partial charge in [-0.25, -0.2) is 4.98 Å². The Kier molecular flexibility index (Phi) is 4.04. The lowest BCUT2D eigenvalue weighted by Gasteiger charge is -2.18. The molecule has 2 N–H and O–H groups in total. The quantitative estimate of drug-likeness (QED) is 0.808. The number of hydrogen-bond acceptors (Lipinski definition) is 4. The highest BCUT2D eigenvalue weighted by Gasteiger charge is 2.21. The average molecular weight is 255 g/mol. The first kappa shape index (κ1) is 12.4. The maximum atomic E-state index is 10.7. The zero-order chi connectivity index (χ0) is 12.3. The van der Waals surface area contributed by atoms with Crippen molar-refractivity contribution in [1.82, 2.24) is 15.2 Å². The minimum atomic E-state index is -0.834. The summed E-state index contributed by atoms with van der Waals surface area (Å²) >= 11 is 1.18. The van der Waals surface area contributed by atoms with Crippen molar-refractivity contribution in [1.29, 1.82) is 0 Å². The van der Waals surface area contributed by atoms with Gasteiger partial charge in [-0.05, 0) is 19.8 Å². The molecule has 1 saturated carbocycles. The number of H-pyrrole nitrogens is 1. The number of aromatic amines is 1. The molecule has 2 rings (SSSR count). The third kappa shape index (κ3) is 3.21. The van der Waals surface area contributed by atoms with Gasteiger partial charge >= 0.3 is 5.97 Å².